The molecule has 0 fully saturated rings. The van der Waals surface area contributed by atoms with Crippen molar-refractivity contribution < 1.29 is 71.6 Å². The van der Waals surface area contributed by atoms with Gasteiger partial charge in [-0.05, 0) is 82.3 Å². The van der Waals surface area contributed by atoms with E-state index < -0.39 is 0 Å². The van der Waals surface area contributed by atoms with Crippen LogP contribution in [-0.2, 0) is 0 Å². The summed E-state index contributed by atoms with van der Waals surface area (Å²) in [4.78, 5) is 27.0. The standard InChI is InChI=1S/C34H20N2O2.C3H8O.K.H2O/c35-17-7-9-21-25-13-11-19(23-3-1-5-27(31(23)25)33(37)29(21)15-17)20-12-14-26-22-10-8-18(36)16-30(22)34(38)28-6-2-4-24(20)32(26)28;1-3(2)4;;/h1-16H,35-36H2;3-4H,1-2H3;;1H2/q;;+1;/p-1. The van der Waals surface area contributed by atoms with Crippen LogP contribution in [0.25, 0.3) is 54.9 Å². The van der Waals surface area contributed by atoms with Crippen molar-refractivity contribution in [2.75, 3.05) is 11.5 Å². The zero-order valence-electron chi connectivity index (χ0n) is 24.7. The second kappa shape index (κ2) is 12.0. The Hall–Kier alpha value is -3.66. The molecule has 0 aliphatic heterocycles. The molecule has 0 saturated carbocycles. The summed E-state index contributed by atoms with van der Waals surface area (Å²) in [5.41, 5.74) is 21.7. The molecular weight excluding hydrogens is 576 g/mol. The van der Waals surface area contributed by atoms with Crippen LogP contribution in [-0.4, -0.2) is 28.3 Å². The van der Waals surface area contributed by atoms with Gasteiger partial charge >= 0.3 is 51.4 Å². The van der Waals surface area contributed by atoms with Gasteiger partial charge in [0, 0.05) is 50.5 Å². The van der Waals surface area contributed by atoms with Crippen molar-refractivity contribution in [3.05, 3.63) is 119 Å². The maximum absolute atomic E-state index is 13.5. The van der Waals surface area contributed by atoms with Crippen LogP contribution >= 0.6 is 0 Å². The smallest absolute Gasteiger partial charge is 0.870 e. The number of fused-ring (bicyclic) bond motifs is 4. The summed E-state index contributed by atoms with van der Waals surface area (Å²) in [5, 5.41) is 12.0. The van der Waals surface area contributed by atoms with E-state index in [4.69, 9.17) is 16.6 Å². The maximum Gasteiger partial charge on any atom is 1.00 e. The van der Waals surface area contributed by atoms with Crippen molar-refractivity contribution >= 4 is 44.5 Å². The van der Waals surface area contributed by atoms with Crippen LogP contribution in [0.4, 0.5) is 11.4 Å². The van der Waals surface area contributed by atoms with Gasteiger partial charge in [0.15, 0.2) is 11.6 Å². The Morgan fingerprint density at radius 2 is 0.841 bits per heavy atom. The number of anilines is 2. The molecule has 6 aromatic carbocycles. The van der Waals surface area contributed by atoms with Crippen molar-refractivity contribution in [1.82, 2.24) is 0 Å². The first-order chi connectivity index (χ1) is 20.2. The van der Waals surface area contributed by atoms with E-state index >= 15 is 0 Å². The molecule has 212 valence electrons. The number of aliphatic hydroxyl groups excluding tert-OH is 1. The molecule has 0 amide bonds. The van der Waals surface area contributed by atoms with Crippen LogP contribution in [0.1, 0.15) is 45.7 Å². The van der Waals surface area contributed by atoms with Gasteiger partial charge in [0.25, 0.3) is 0 Å². The second-order valence-electron chi connectivity index (χ2n) is 11.1. The normalized spacial score (nSPS) is 12.1. The minimum absolute atomic E-state index is 0. The van der Waals surface area contributed by atoms with Crippen molar-refractivity contribution in [3.63, 3.8) is 0 Å². The number of nitrogens with two attached hydrogens (primary N) is 2. The van der Waals surface area contributed by atoms with Gasteiger partial charge in [0.05, 0.1) is 0 Å². The van der Waals surface area contributed by atoms with Crippen molar-refractivity contribution in [2.24, 2.45) is 0 Å². The van der Waals surface area contributed by atoms with Gasteiger partial charge in [-0.1, -0.05) is 72.8 Å². The summed E-state index contributed by atoms with van der Waals surface area (Å²) >= 11 is 0. The number of carbonyl (C=O) groups excluding carboxylic acids is 2. The van der Waals surface area contributed by atoms with E-state index in [-0.39, 0.29) is 74.5 Å². The monoisotopic (exact) mass is 604 g/mol. The summed E-state index contributed by atoms with van der Waals surface area (Å²) in [5.74, 6) is -0.0261. The Balaban J connectivity index is 0.000000606. The molecule has 0 aromatic heterocycles. The van der Waals surface area contributed by atoms with E-state index in [1.54, 1.807) is 26.0 Å². The second-order valence-corrected chi connectivity index (χ2v) is 11.1. The number of aliphatic hydroxyl groups is 1. The molecule has 0 unspecified atom stereocenters. The predicted molar refractivity (Wildman–Crippen MR) is 173 cm³/mol. The predicted octanol–water partition coefficient (Wildman–Crippen LogP) is 4.46. The van der Waals surface area contributed by atoms with E-state index in [0.717, 1.165) is 54.9 Å². The zero-order valence-corrected chi connectivity index (χ0v) is 27.8. The fraction of sp³-hybridized carbons (Fsp3) is 0.0811. The summed E-state index contributed by atoms with van der Waals surface area (Å²) in [6.45, 7) is 3.44. The third-order valence-corrected chi connectivity index (χ3v) is 8.02. The van der Waals surface area contributed by atoms with E-state index in [2.05, 4.69) is 36.4 Å². The third-order valence-electron chi connectivity index (χ3n) is 8.02. The number of hydrogen-bond acceptors (Lipinski definition) is 6. The molecule has 0 heterocycles. The van der Waals surface area contributed by atoms with E-state index in [9.17, 15) is 9.59 Å². The average Bonchev–Trinajstić information content (AvgIpc) is 2.98. The molecule has 8 rings (SSSR count). The van der Waals surface area contributed by atoms with Gasteiger partial charge in [0.2, 0.25) is 0 Å². The van der Waals surface area contributed by atoms with Crippen molar-refractivity contribution in [2.45, 2.75) is 20.0 Å². The number of hydrogen-bond donors (Lipinski definition) is 3. The van der Waals surface area contributed by atoms with Gasteiger partial charge in [-0.15, -0.1) is 0 Å². The molecule has 6 nitrogen and oxygen atoms in total. The molecule has 2 aliphatic rings. The van der Waals surface area contributed by atoms with Crippen LogP contribution in [0, 0.1) is 0 Å². The van der Waals surface area contributed by atoms with E-state index in [1.807, 2.05) is 48.5 Å². The van der Waals surface area contributed by atoms with Crippen LogP contribution in [0.5, 0.6) is 0 Å². The van der Waals surface area contributed by atoms with Crippen LogP contribution < -0.4 is 62.9 Å². The summed E-state index contributed by atoms with van der Waals surface area (Å²) in [6, 6.07) is 31.3. The number of ketones is 2. The summed E-state index contributed by atoms with van der Waals surface area (Å²) in [6.07, 6.45) is -0.167. The first-order valence-electron chi connectivity index (χ1n) is 13.9. The fourth-order valence-electron chi connectivity index (χ4n) is 6.37. The molecule has 6 N–H and O–H groups in total. The molecule has 44 heavy (non-hydrogen) atoms. The maximum atomic E-state index is 13.5. The molecular formula is C37H29KN2O4. The average molecular weight is 605 g/mol. The molecule has 0 spiro atoms. The van der Waals surface area contributed by atoms with Crippen LogP contribution in [0.3, 0.4) is 0 Å². The molecule has 0 saturated heterocycles. The quantitative estimate of drug-likeness (QED) is 0.187. The van der Waals surface area contributed by atoms with E-state index in [0.29, 0.717) is 33.6 Å². The third kappa shape index (κ3) is 4.91. The molecule has 0 atom stereocenters. The molecule has 0 radical (unpaired) electrons. The number of carbonyl (C=O) groups is 2. The van der Waals surface area contributed by atoms with Crippen molar-refractivity contribution in [1.29, 1.82) is 0 Å². The van der Waals surface area contributed by atoms with Gasteiger partial charge in [-0.25, -0.2) is 0 Å². The molecule has 7 heteroatoms. The Kier molecular flexibility index (Phi) is 8.68. The Bertz CT molecular complexity index is 2000. The van der Waals surface area contributed by atoms with Gasteiger partial charge in [0.1, 0.15) is 0 Å². The number of benzene rings is 6. The Morgan fingerprint density at radius 3 is 1.23 bits per heavy atom. The number of nitrogen functional groups attached to an aromatic ring is 2. The van der Waals surface area contributed by atoms with E-state index in [1.165, 1.54) is 0 Å². The van der Waals surface area contributed by atoms with Crippen molar-refractivity contribution in [3.8, 4) is 33.4 Å². The Morgan fingerprint density at radius 1 is 0.500 bits per heavy atom. The largest absolute Gasteiger partial charge is 1.00 e. The first-order valence-corrected chi connectivity index (χ1v) is 13.9. The summed E-state index contributed by atoms with van der Waals surface area (Å²) in [7, 11) is 0. The molecule has 6 aromatic rings. The van der Waals surface area contributed by atoms with Gasteiger partial charge < -0.3 is 22.1 Å². The van der Waals surface area contributed by atoms with Gasteiger partial charge in [-0.2, -0.15) is 0 Å². The topological polar surface area (TPSA) is 136 Å². The van der Waals surface area contributed by atoms with Crippen LogP contribution in [0.15, 0.2) is 97.1 Å². The minimum atomic E-state index is -0.167. The molecule has 2 aliphatic carbocycles. The molecule has 0 bridgehead atoms. The SMILES string of the molecule is CC(C)O.Nc1ccc2c(c1)C(=O)c1cccc3c(-c4ccc5c6c(cccc46)C(=O)c4cc(N)ccc4-5)ccc-2c13.[K+].[OH-]. The fourth-order valence-corrected chi connectivity index (χ4v) is 6.37. The Labute approximate surface area is 297 Å². The first kappa shape index (κ1) is 31.8. The minimum Gasteiger partial charge on any atom is -0.870 e. The number of rotatable bonds is 1. The van der Waals surface area contributed by atoms with Gasteiger partial charge in [-0.3, -0.25) is 9.59 Å². The zero-order chi connectivity index (χ0) is 29.3. The van der Waals surface area contributed by atoms with Crippen LogP contribution in [0.2, 0.25) is 0 Å². The summed E-state index contributed by atoms with van der Waals surface area (Å²) < 4.78 is 0.